The van der Waals surface area contributed by atoms with Crippen molar-refractivity contribution in [2.75, 3.05) is 50.6 Å². The van der Waals surface area contributed by atoms with Gasteiger partial charge in [0.2, 0.25) is 10.0 Å². The van der Waals surface area contributed by atoms with Crippen LogP contribution in [0.2, 0.25) is 0 Å². The number of halogens is 3. The van der Waals surface area contributed by atoms with Crippen molar-refractivity contribution in [2.45, 2.75) is 81.1 Å². The van der Waals surface area contributed by atoms with E-state index in [1.807, 2.05) is 6.07 Å². The maximum atomic E-state index is 13.7. The van der Waals surface area contributed by atoms with E-state index in [-0.39, 0.29) is 28.9 Å². The number of hydrogen-bond acceptors (Lipinski definition) is 7. The van der Waals surface area contributed by atoms with Gasteiger partial charge < -0.3 is 29.6 Å². The lowest BCUT2D eigenvalue weighted by Crippen LogP contribution is -2.48. The summed E-state index contributed by atoms with van der Waals surface area (Å²) in [6.07, 6.45) is 4.71. The molecule has 1 spiro atoms. The van der Waals surface area contributed by atoms with Gasteiger partial charge in [0.25, 0.3) is 0 Å². The van der Waals surface area contributed by atoms with Crippen molar-refractivity contribution in [3.8, 4) is 17.6 Å². The lowest BCUT2D eigenvalue weighted by atomic mass is 9.72. The molecule has 3 heterocycles. The fourth-order valence-corrected chi connectivity index (χ4v) is 8.13. The van der Waals surface area contributed by atoms with Crippen molar-refractivity contribution in [1.82, 2.24) is 9.47 Å². The largest absolute Gasteiger partial charge is 0.495 e. The van der Waals surface area contributed by atoms with Crippen molar-refractivity contribution in [3.05, 3.63) is 48.2 Å². The molecule has 3 aliphatic rings. The molecule has 0 atom stereocenters. The Morgan fingerprint density at radius 1 is 1.02 bits per heavy atom. The van der Waals surface area contributed by atoms with Crippen LogP contribution in [-0.2, 0) is 21.3 Å². The lowest BCUT2D eigenvalue weighted by Gasteiger charge is -2.47. The topological polar surface area (TPSA) is 111 Å². The van der Waals surface area contributed by atoms with Crippen molar-refractivity contribution in [1.29, 1.82) is 0 Å². The van der Waals surface area contributed by atoms with Gasteiger partial charge in [-0.15, -0.1) is 0 Å². The van der Waals surface area contributed by atoms with Gasteiger partial charge in [0.15, 0.2) is 0 Å². The molecule has 48 heavy (non-hydrogen) atoms. The maximum Gasteiger partial charge on any atom is 0.406 e. The molecule has 0 unspecified atom stereocenters. The van der Waals surface area contributed by atoms with Crippen molar-refractivity contribution in [3.63, 3.8) is 0 Å². The number of hydrogen-bond donors (Lipinski definition) is 3. The molecule has 13 heteroatoms. The first-order chi connectivity index (χ1) is 22.9. The number of piperidine rings is 1. The number of ether oxygens (including phenoxy) is 2. The summed E-state index contributed by atoms with van der Waals surface area (Å²) in [6, 6.07) is 12.1. The highest BCUT2D eigenvalue weighted by atomic mass is 32.2. The van der Waals surface area contributed by atoms with Crippen molar-refractivity contribution >= 4 is 32.3 Å². The fraction of sp³-hybridized carbons (Fsp3) is 0.543. The average Bonchev–Trinajstić information content (AvgIpc) is 3.40. The Bertz CT molecular complexity index is 1760. The fourth-order valence-electron chi connectivity index (χ4n) is 7.61. The van der Waals surface area contributed by atoms with Gasteiger partial charge in [0.05, 0.1) is 35.4 Å². The monoisotopic (exact) mass is 687 g/mol. The number of alkyl halides is 3. The number of sulfonamides is 1. The quantitative estimate of drug-likeness (QED) is 0.252. The minimum atomic E-state index is -4.43. The molecule has 4 N–H and O–H groups in total. The Labute approximate surface area is 280 Å². The van der Waals surface area contributed by atoms with Gasteiger partial charge in [-0.05, 0) is 106 Å². The van der Waals surface area contributed by atoms with E-state index in [9.17, 15) is 21.6 Å². The molecule has 1 saturated carbocycles. The van der Waals surface area contributed by atoms with Gasteiger partial charge in [0, 0.05) is 42.4 Å². The van der Waals surface area contributed by atoms with Crippen LogP contribution in [0.3, 0.4) is 0 Å². The van der Waals surface area contributed by atoms with Crippen LogP contribution in [0, 0.1) is 17.3 Å². The van der Waals surface area contributed by atoms with Crippen LogP contribution in [0.5, 0.6) is 5.75 Å². The predicted molar refractivity (Wildman–Crippen MR) is 181 cm³/mol. The Hall–Kier alpha value is -3.44. The molecule has 2 aliphatic heterocycles. The summed E-state index contributed by atoms with van der Waals surface area (Å²) in [6.45, 7) is 3.03. The summed E-state index contributed by atoms with van der Waals surface area (Å²) < 4.78 is 76.6. The number of methoxy groups -OCH3 is 1. The second-order valence-corrected chi connectivity index (χ2v) is 14.9. The lowest BCUT2D eigenvalue weighted by molar-refractivity contribution is -0.140. The van der Waals surface area contributed by atoms with Gasteiger partial charge in [-0.1, -0.05) is 12.0 Å². The minimum Gasteiger partial charge on any atom is -0.495 e. The van der Waals surface area contributed by atoms with E-state index in [1.165, 1.54) is 55.6 Å². The second-order valence-electron chi connectivity index (χ2n) is 13.3. The van der Waals surface area contributed by atoms with E-state index in [0.717, 1.165) is 57.7 Å². The normalized spacial score (nSPS) is 21.9. The zero-order chi connectivity index (χ0) is 33.9. The summed E-state index contributed by atoms with van der Waals surface area (Å²) in [5.74, 6) is 6.08. The van der Waals surface area contributed by atoms with Gasteiger partial charge in [-0.25, -0.2) is 13.6 Å². The van der Waals surface area contributed by atoms with Crippen LogP contribution in [0.1, 0.15) is 57.1 Å². The summed E-state index contributed by atoms with van der Waals surface area (Å²) in [7, 11) is -2.52. The molecule has 6 rings (SSSR count). The standard InChI is InChI=1S/C35H44F3N5O4S/c1-46-33-23-28(48(39,44)45)11-12-31(33)40-17-3-4-27-22-29-30(5-2-6-32(29)43(27)24-35(36,37)38)41-25-7-9-26(10-8-25)42-18-13-34(14-19-42)15-20-47-21-16-34/h2,5-6,11-12,22-23,25-26,40-41H,7-10,13-21,24H2,1H3,(H2,39,44,45). The molecular formula is C35H44F3N5O4S. The third kappa shape index (κ3) is 8.05. The number of aromatic nitrogens is 1. The van der Waals surface area contributed by atoms with Crippen LogP contribution in [0.4, 0.5) is 24.5 Å². The maximum absolute atomic E-state index is 13.7. The molecule has 0 amide bonds. The zero-order valence-electron chi connectivity index (χ0n) is 27.2. The van der Waals surface area contributed by atoms with E-state index in [2.05, 4.69) is 27.4 Å². The molecule has 2 aromatic carbocycles. The molecule has 260 valence electrons. The summed E-state index contributed by atoms with van der Waals surface area (Å²) in [4.78, 5) is 2.58. The molecule has 9 nitrogen and oxygen atoms in total. The highest BCUT2D eigenvalue weighted by molar-refractivity contribution is 7.89. The zero-order valence-corrected chi connectivity index (χ0v) is 28.1. The van der Waals surface area contributed by atoms with Crippen molar-refractivity contribution in [2.24, 2.45) is 10.6 Å². The van der Waals surface area contributed by atoms with E-state index in [4.69, 9.17) is 14.6 Å². The highest BCUT2D eigenvalue weighted by Crippen LogP contribution is 2.42. The molecule has 1 aliphatic carbocycles. The Morgan fingerprint density at radius 2 is 1.75 bits per heavy atom. The van der Waals surface area contributed by atoms with E-state index >= 15 is 0 Å². The summed E-state index contributed by atoms with van der Waals surface area (Å²) in [5.41, 5.74) is 2.49. The van der Waals surface area contributed by atoms with E-state index in [0.29, 0.717) is 28.0 Å². The first kappa shape index (κ1) is 34.4. The third-order valence-corrected chi connectivity index (χ3v) is 11.3. The SMILES string of the molecule is COc1cc(S(N)(=O)=O)ccc1NCC#Cc1cc2c(NC3CCC(N4CCC5(CCOCC5)CC4)CC3)cccc2n1CC(F)(F)F. The first-order valence-corrected chi connectivity index (χ1v) is 18.2. The predicted octanol–water partition coefficient (Wildman–Crippen LogP) is 5.94. The van der Waals surface area contributed by atoms with E-state index < -0.39 is 22.7 Å². The van der Waals surface area contributed by atoms with Crippen LogP contribution in [-0.4, -0.2) is 76.1 Å². The van der Waals surface area contributed by atoms with Crippen molar-refractivity contribution < 1.29 is 31.1 Å². The number of nitrogens with one attached hydrogen (secondary N) is 2. The number of fused-ring (bicyclic) bond motifs is 1. The van der Waals surface area contributed by atoms with E-state index in [1.54, 1.807) is 18.2 Å². The van der Waals surface area contributed by atoms with Gasteiger partial charge in [-0.3, -0.25) is 0 Å². The Kier molecular flexibility index (Phi) is 10.2. The second kappa shape index (κ2) is 14.2. The smallest absolute Gasteiger partial charge is 0.406 e. The molecular weight excluding hydrogens is 643 g/mol. The molecule has 0 radical (unpaired) electrons. The number of likely N-dealkylation sites (tertiary alicyclic amines) is 1. The van der Waals surface area contributed by atoms with Gasteiger partial charge in [-0.2, -0.15) is 13.2 Å². The summed E-state index contributed by atoms with van der Waals surface area (Å²) in [5, 5.41) is 12.6. The molecule has 2 saturated heterocycles. The number of nitrogens with two attached hydrogens (primary N) is 1. The molecule has 0 bridgehead atoms. The average molecular weight is 688 g/mol. The first-order valence-electron chi connectivity index (χ1n) is 16.6. The molecule has 3 aromatic rings. The van der Waals surface area contributed by atoms with Gasteiger partial charge >= 0.3 is 6.18 Å². The van der Waals surface area contributed by atoms with Crippen LogP contribution in [0.25, 0.3) is 10.9 Å². The number of primary sulfonamides is 1. The minimum absolute atomic E-state index is 0.0827. The van der Waals surface area contributed by atoms with Crippen LogP contribution >= 0.6 is 0 Å². The summed E-state index contributed by atoms with van der Waals surface area (Å²) >= 11 is 0. The number of nitrogens with zero attached hydrogens (tertiary/aromatic N) is 2. The molecule has 1 aromatic heterocycles. The highest BCUT2D eigenvalue weighted by Gasteiger charge is 2.38. The Morgan fingerprint density at radius 3 is 2.42 bits per heavy atom. The van der Waals surface area contributed by atoms with Crippen LogP contribution < -0.4 is 20.5 Å². The number of benzene rings is 2. The Balaban J connectivity index is 1.12. The third-order valence-electron chi connectivity index (χ3n) is 10.4. The number of anilines is 2. The van der Waals surface area contributed by atoms with Crippen LogP contribution in [0.15, 0.2) is 47.4 Å². The number of rotatable bonds is 8. The van der Waals surface area contributed by atoms with Gasteiger partial charge in [0.1, 0.15) is 12.3 Å². The molecule has 3 fully saturated rings.